The average Bonchev–Trinajstić information content (AvgIpc) is 2.84. The standard InChI is InChI=1S/C20H14B2N2O12/c25-19(11-5-13(21(27)28)9-15(7-11)23(31)32)35-17-3-1-2-4-18(17)36-20(26)12-6-14(22(29)30)10-16(8-12)24(33)34/h1-10,27-30H. The molecule has 0 radical (unpaired) electrons. The number of carbonyl (C=O) groups is 2. The number of ether oxygens (including phenoxy) is 2. The smallest absolute Gasteiger partial charge is 0.423 e. The number of nitro benzene ring substituents is 2. The van der Waals surface area contributed by atoms with E-state index in [-0.39, 0.29) is 22.4 Å². The Kier molecular flexibility index (Phi) is 7.76. The van der Waals surface area contributed by atoms with Crippen LogP contribution in [0, 0.1) is 20.2 Å². The lowest BCUT2D eigenvalue weighted by atomic mass is 9.79. The molecule has 0 aliphatic heterocycles. The van der Waals surface area contributed by atoms with Gasteiger partial charge in [-0.2, -0.15) is 0 Å². The zero-order valence-corrected chi connectivity index (χ0v) is 17.9. The molecule has 0 saturated carbocycles. The Morgan fingerprint density at radius 1 is 0.667 bits per heavy atom. The molecule has 3 aromatic carbocycles. The number of esters is 2. The number of nitrogens with zero attached hydrogens (tertiary/aromatic N) is 2. The van der Waals surface area contributed by atoms with Crippen LogP contribution < -0.4 is 20.4 Å². The van der Waals surface area contributed by atoms with Gasteiger partial charge in [-0.05, 0) is 35.2 Å². The fourth-order valence-corrected chi connectivity index (χ4v) is 2.95. The highest BCUT2D eigenvalue weighted by Gasteiger charge is 2.24. The fourth-order valence-electron chi connectivity index (χ4n) is 2.95. The Morgan fingerprint density at radius 3 is 1.33 bits per heavy atom. The first-order valence-corrected chi connectivity index (χ1v) is 9.80. The summed E-state index contributed by atoms with van der Waals surface area (Å²) >= 11 is 0. The summed E-state index contributed by atoms with van der Waals surface area (Å²) in [5.74, 6) is -2.96. The Bertz CT molecular complexity index is 1260. The van der Waals surface area contributed by atoms with Crippen molar-refractivity contribution in [2.75, 3.05) is 0 Å². The summed E-state index contributed by atoms with van der Waals surface area (Å²) in [6, 6.07) is 10.6. The highest BCUT2D eigenvalue weighted by atomic mass is 16.6. The third kappa shape index (κ3) is 6.08. The van der Waals surface area contributed by atoms with E-state index in [1.807, 2.05) is 0 Å². The van der Waals surface area contributed by atoms with E-state index < -0.39 is 58.5 Å². The van der Waals surface area contributed by atoms with Crippen molar-refractivity contribution in [1.29, 1.82) is 0 Å². The summed E-state index contributed by atoms with van der Waals surface area (Å²) in [7, 11) is -4.22. The van der Waals surface area contributed by atoms with Crippen LogP contribution in [0.4, 0.5) is 11.4 Å². The lowest BCUT2D eigenvalue weighted by molar-refractivity contribution is -0.385. The number of benzene rings is 3. The van der Waals surface area contributed by atoms with Crippen LogP contribution in [0.25, 0.3) is 0 Å². The number of para-hydroxylation sites is 2. The third-order valence-electron chi connectivity index (χ3n) is 4.62. The van der Waals surface area contributed by atoms with Crippen molar-refractivity contribution in [3.05, 3.63) is 92.0 Å². The quantitative estimate of drug-likeness (QED) is 0.100. The molecule has 36 heavy (non-hydrogen) atoms. The zero-order valence-electron chi connectivity index (χ0n) is 17.9. The first kappa shape index (κ1) is 26.0. The lowest BCUT2D eigenvalue weighted by Crippen LogP contribution is -2.31. The number of carbonyl (C=O) groups excluding carboxylic acids is 2. The summed E-state index contributed by atoms with van der Waals surface area (Å²) in [5, 5.41) is 59.6. The predicted molar refractivity (Wildman–Crippen MR) is 122 cm³/mol. The van der Waals surface area contributed by atoms with Crippen LogP contribution in [0.1, 0.15) is 20.7 Å². The van der Waals surface area contributed by atoms with Gasteiger partial charge in [0.2, 0.25) is 0 Å². The van der Waals surface area contributed by atoms with E-state index >= 15 is 0 Å². The van der Waals surface area contributed by atoms with Gasteiger partial charge in [-0.1, -0.05) is 12.1 Å². The molecule has 0 bridgehead atoms. The predicted octanol–water partition coefficient (Wildman–Crippen LogP) is -0.699. The normalized spacial score (nSPS) is 10.3. The molecule has 3 aromatic rings. The molecule has 16 heteroatoms. The molecular weight excluding hydrogens is 482 g/mol. The average molecular weight is 496 g/mol. The summed E-state index contributed by atoms with van der Waals surface area (Å²) in [4.78, 5) is 45.8. The Balaban J connectivity index is 1.90. The number of non-ortho nitro benzene ring substituents is 2. The van der Waals surface area contributed by atoms with E-state index in [1.165, 1.54) is 24.3 Å². The van der Waals surface area contributed by atoms with Crippen LogP contribution >= 0.6 is 0 Å². The minimum Gasteiger partial charge on any atom is -0.423 e. The molecule has 14 nitrogen and oxygen atoms in total. The zero-order chi connectivity index (χ0) is 26.6. The highest BCUT2D eigenvalue weighted by molar-refractivity contribution is 6.59. The molecule has 0 atom stereocenters. The molecule has 4 N–H and O–H groups in total. The Morgan fingerprint density at radius 2 is 1.03 bits per heavy atom. The van der Waals surface area contributed by atoms with Crippen molar-refractivity contribution in [1.82, 2.24) is 0 Å². The van der Waals surface area contributed by atoms with Crippen molar-refractivity contribution in [3.8, 4) is 11.5 Å². The third-order valence-corrected chi connectivity index (χ3v) is 4.62. The number of nitro groups is 2. The second-order valence-electron chi connectivity index (χ2n) is 7.11. The largest absolute Gasteiger partial charge is 0.488 e. The number of rotatable bonds is 8. The Hall–Kier alpha value is -4.63. The van der Waals surface area contributed by atoms with E-state index in [0.29, 0.717) is 0 Å². The topological polar surface area (TPSA) is 220 Å². The molecule has 0 aromatic heterocycles. The molecule has 3 rings (SSSR count). The molecule has 0 heterocycles. The molecule has 0 aliphatic carbocycles. The van der Waals surface area contributed by atoms with E-state index in [1.54, 1.807) is 0 Å². The van der Waals surface area contributed by atoms with Gasteiger partial charge in [0.25, 0.3) is 11.4 Å². The molecular formula is C20H14B2N2O12. The van der Waals surface area contributed by atoms with Gasteiger partial charge in [0.1, 0.15) is 0 Å². The molecule has 0 fully saturated rings. The molecule has 182 valence electrons. The SMILES string of the molecule is O=C(Oc1ccccc1OC(=O)c1cc(B(O)O)cc([N+](=O)[O-])c1)c1cc(B(O)O)cc([N+](=O)[O-])c1. The van der Waals surface area contributed by atoms with Gasteiger partial charge in [0, 0.05) is 24.3 Å². The molecule has 0 amide bonds. The highest BCUT2D eigenvalue weighted by Crippen LogP contribution is 2.29. The second-order valence-corrected chi connectivity index (χ2v) is 7.11. The van der Waals surface area contributed by atoms with Crippen molar-refractivity contribution in [2.45, 2.75) is 0 Å². The van der Waals surface area contributed by atoms with Gasteiger partial charge >= 0.3 is 26.2 Å². The minimum atomic E-state index is -2.11. The monoisotopic (exact) mass is 496 g/mol. The lowest BCUT2D eigenvalue weighted by Gasteiger charge is -2.11. The van der Waals surface area contributed by atoms with Gasteiger partial charge in [0.05, 0.1) is 21.0 Å². The van der Waals surface area contributed by atoms with E-state index in [4.69, 9.17) is 9.47 Å². The number of hydrogen-bond donors (Lipinski definition) is 4. The van der Waals surface area contributed by atoms with E-state index in [0.717, 1.165) is 36.4 Å². The Labute approximate surface area is 201 Å². The van der Waals surface area contributed by atoms with E-state index in [2.05, 4.69) is 0 Å². The number of hydrogen-bond acceptors (Lipinski definition) is 12. The first-order chi connectivity index (χ1) is 17.0. The summed E-state index contributed by atoms with van der Waals surface area (Å²) in [6.45, 7) is 0. The van der Waals surface area contributed by atoms with Gasteiger partial charge in [-0.3, -0.25) is 20.2 Å². The van der Waals surface area contributed by atoms with Crippen molar-refractivity contribution >= 4 is 48.5 Å². The maximum atomic E-state index is 12.6. The van der Waals surface area contributed by atoms with Crippen molar-refractivity contribution in [2.24, 2.45) is 0 Å². The van der Waals surface area contributed by atoms with E-state index in [9.17, 15) is 49.9 Å². The molecule has 0 unspecified atom stereocenters. The van der Waals surface area contributed by atoms with Crippen molar-refractivity contribution < 1.29 is 49.0 Å². The first-order valence-electron chi connectivity index (χ1n) is 9.80. The van der Waals surface area contributed by atoms with Crippen LogP contribution in [0.15, 0.2) is 60.7 Å². The molecule has 0 saturated heterocycles. The van der Waals surface area contributed by atoms with Gasteiger partial charge < -0.3 is 29.6 Å². The molecule has 0 aliphatic rings. The summed E-state index contributed by atoms with van der Waals surface area (Å²) < 4.78 is 10.3. The fraction of sp³-hybridized carbons (Fsp3) is 0. The van der Waals surface area contributed by atoms with Crippen LogP contribution in [0.2, 0.25) is 0 Å². The second kappa shape index (κ2) is 10.7. The van der Waals surface area contributed by atoms with Gasteiger partial charge in [0.15, 0.2) is 11.5 Å². The summed E-state index contributed by atoms with van der Waals surface area (Å²) in [6.07, 6.45) is 0. The maximum Gasteiger partial charge on any atom is 0.488 e. The van der Waals surface area contributed by atoms with Crippen LogP contribution in [-0.4, -0.2) is 56.1 Å². The maximum absolute atomic E-state index is 12.6. The van der Waals surface area contributed by atoms with Crippen molar-refractivity contribution in [3.63, 3.8) is 0 Å². The van der Waals surface area contributed by atoms with Gasteiger partial charge in [-0.15, -0.1) is 0 Å². The van der Waals surface area contributed by atoms with Crippen LogP contribution in [0.3, 0.4) is 0 Å². The van der Waals surface area contributed by atoms with Crippen LogP contribution in [0.5, 0.6) is 11.5 Å². The minimum absolute atomic E-state index is 0.318. The summed E-state index contributed by atoms with van der Waals surface area (Å²) in [5.41, 5.74) is -2.73. The molecule has 0 spiro atoms. The van der Waals surface area contributed by atoms with Gasteiger partial charge in [-0.25, -0.2) is 9.59 Å². The van der Waals surface area contributed by atoms with Crippen LogP contribution in [-0.2, 0) is 0 Å².